The maximum atomic E-state index is 13.8. The van der Waals surface area contributed by atoms with E-state index in [0.29, 0.717) is 36.7 Å². The van der Waals surface area contributed by atoms with Crippen LogP contribution in [0.15, 0.2) is 54.6 Å². The Balaban J connectivity index is 2.09. The highest BCUT2D eigenvalue weighted by Gasteiger charge is 2.28. The van der Waals surface area contributed by atoms with Gasteiger partial charge in [0, 0.05) is 18.8 Å². The van der Waals surface area contributed by atoms with E-state index in [4.69, 9.17) is 0 Å². The normalized spacial score (nSPS) is 11.9. The Labute approximate surface area is 183 Å². The first-order valence-electron chi connectivity index (χ1n) is 10.3. The summed E-state index contributed by atoms with van der Waals surface area (Å²) in [6.45, 7) is 6.93. The van der Waals surface area contributed by atoms with Gasteiger partial charge in [0.2, 0.25) is 11.8 Å². The van der Waals surface area contributed by atoms with Crippen LogP contribution in [0.2, 0.25) is 0 Å². The maximum Gasteiger partial charge on any atom is 0.242 e. The van der Waals surface area contributed by atoms with Crippen molar-refractivity contribution >= 4 is 23.6 Å². The number of hydrogen-bond acceptors (Lipinski definition) is 3. The molecule has 162 valence electrons. The van der Waals surface area contributed by atoms with Gasteiger partial charge in [0.1, 0.15) is 11.9 Å². The molecule has 0 unspecified atom stereocenters. The predicted molar refractivity (Wildman–Crippen MR) is 121 cm³/mol. The number of carbonyl (C=O) groups is 2. The predicted octanol–water partition coefficient (Wildman–Crippen LogP) is 4.64. The molecular weight excluding hydrogens is 399 g/mol. The summed E-state index contributed by atoms with van der Waals surface area (Å²) in [5, 5.41) is 2.95. The smallest absolute Gasteiger partial charge is 0.242 e. The van der Waals surface area contributed by atoms with E-state index in [1.54, 1.807) is 23.1 Å². The van der Waals surface area contributed by atoms with Gasteiger partial charge in [0.25, 0.3) is 0 Å². The summed E-state index contributed by atoms with van der Waals surface area (Å²) in [5.74, 6) is 0.420. The summed E-state index contributed by atoms with van der Waals surface area (Å²) >= 11 is 1.36. The molecule has 2 rings (SSSR count). The molecule has 30 heavy (non-hydrogen) atoms. The van der Waals surface area contributed by atoms with Gasteiger partial charge in [-0.15, -0.1) is 11.8 Å². The second kappa shape index (κ2) is 12.4. The van der Waals surface area contributed by atoms with Crippen molar-refractivity contribution in [3.63, 3.8) is 0 Å². The minimum atomic E-state index is -0.537. The lowest BCUT2D eigenvalue weighted by Crippen LogP contribution is -2.50. The summed E-state index contributed by atoms with van der Waals surface area (Å²) in [6.07, 6.45) is 0.528. The van der Waals surface area contributed by atoms with Crippen molar-refractivity contribution in [3.05, 3.63) is 71.5 Å². The number of amides is 2. The molecule has 0 spiro atoms. The number of halogens is 1. The van der Waals surface area contributed by atoms with Crippen LogP contribution in [-0.4, -0.2) is 35.1 Å². The maximum absolute atomic E-state index is 13.8. The number of nitrogens with one attached hydrogen (secondary N) is 1. The highest BCUT2D eigenvalue weighted by molar-refractivity contribution is 7.99. The number of nitrogens with zero attached hydrogens (tertiary/aromatic N) is 1. The second-order valence-electron chi connectivity index (χ2n) is 7.65. The molecule has 0 radical (unpaired) electrons. The molecule has 0 aliphatic heterocycles. The molecule has 2 aromatic rings. The van der Waals surface area contributed by atoms with Gasteiger partial charge in [-0.1, -0.05) is 69.3 Å². The van der Waals surface area contributed by atoms with E-state index in [0.717, 1.165) is 5.56 Å². The van der Waals surface area contributed by atoms with Crippen LogP contribution in [0.4, 0.5) is 4.39 Å². The molecule has 2 amide bonds. The second-order valence-corrected chi connectivity index (χ2v) is 8.64. The molecule has 1 atom stereocenters. The van der Waals surface area contributed by atoms with Crippen molar-refractivity contribution in [1.82, 2.24) is 10.2 Å². The van der Waals surface area contributed by atoms with Crippen molar-refractivity contribution < 1.29 is 14.0 Å². The summed E-state index contributed by atoms with van der Waals surface area (Å²) in [4.78, 5) is 27.5. The quantitative estimate of drug-likeness (QED) is 0.565. The van der Waals surface area contributed by atoms with Gasteiger partial charge >= 0.3 is 0 Å². The van der Waals surface area contributed by atoms with Crippen LogP contribution in [0.3, 0.4) is 0 Å². The molecule has 0 aliphatic rings. The number of carbonyl (C=O) groups excluding carboxylic acids is 2. The first-order chi connectivity index (χ1) is 14.4. The van der Waals surface area contributed by atoms with Crippen molar-refractivity contribution in [2.45, 2.75) is 45.5 Å². The molecule has 0 fully saturated rings. The van der Waals surface area contributed by atoms with E-state index in [2.05, 4.69) is 5.32 Å². The first-order valence-corrected chi connectivity index (χ1v) is 11.5. The van der Waals surface area contributed by atoms with Crippen molar-refractivity contribution in [1.29, 1.82) is 0 Å². The Morgan fingerprint density at radius 3 is 2.37 bits per heavy atom. The number of hydrogen-bond donors (Lipinski definition) is 1. The van der Waals surface area contributed by atoms with Crippen LogP contribution < -0.4 is 5.32 Å². The van der Waals surface area contributed by atoms with Crippen molar-refractivity contribution in [2.75, 3.05) is 12.3 Å². The van der Waals surface area contributed by atoms with Crippen LogP contribution in [0.1, 0.15) is 38.3 Å². The monoisotopic (exact) mass is 430 g/mol. The standard InChI is InChI=1S/C24H31FN2O2S/c1-4-22(24(29)26-14-18(2)3)27(15-19-10-6-5-7-11-19)23(28)17-30-16-20-12-8-9-13-21(20)25/h5-13,18,22H,4,14-17H2,1-3H3,(H,26,29)/t22-/m1/s1. The molecule has 0 aliphatic carbocycles. The zero-order valence-electron chi connectivity index (χ0n) is 17.9. The molecular formula is C24H31FN2O2S. The third kappa shape index (κ3) is 7.48. The van der Waals surface area contributed by atoms with Gasteiger partial charge in [-0.25, -0.2) is 4.39 Å². The molecule has 0 heterocycles. The van der Waals surface area contributed by atoms with Gasteiger partial charge in [-0.05, 0) is 29.5 Å². The molecule has 0 bridgehead atoms. The lowest BCUT2D eigenvalue weighted by Gasteiger charge is -2.31. The van der Waals surface area contributed by atoms with E-state index < -0.39 is 6.04 Å². The fraction of sp³-hybridized carbons (Fsp3) is 0.417. The van der Waals surface area contributed by atoms with E-state index in [1.807, 2.05) is 51.1 Å². The molecule has 1 N–H and O–H groups in total. The van der Waals surface area contributed by atoms with Crippen LogP contribution in [0.25, 0.3) is 0 Å². The Hall–Kier alpha value is -2.34. The average Bonchev–Trinajstić information content (AvgIpc) is 2.74. The summed E-state index contributed by atoms with van der Waals surface area (Å²) in [6, 6.07) is 15.7. The van der Waals surface area contributed by atoms with E-state index in [-0.39, 0.29) is 23.4 Å². The lowest BCUT2D eigenvalue weighted by molar-refractivity contribution is -0.139. The highest BCUT2D eigenvalue weighted by atomic mass is 32.2. The van der Waals surface area contributed by atoms with Crippen LogP contribution >= 0.6 is 11.8 Å². The Morgan fingerprint density at radius 1 is 1.07 bits per heavy atom. The molecule has 0 saturated carbocycles. The number of benzene rings is 2. The summed E-state index contributed by atoms with van der Waals surface area (Å²) < 4.78 is 13.8. The Kier molecular flexibility index (Phi) is 9.87. The zero-order valence-corrected chi connectivity index (χ0v) is 18.8. The minimum Gasteiger partial charge on any atom is -0.354 e. The topological polar surface area (TPSA) is 49.4 Å². The van der Waals surface area contributed by atoms with Crippen LogP contribution in [-0.2, 0) is 21.9 Å². The average molecular weight is 431 g/mol. The van der Waals surface area contributed by atoms with Gasteiger partial charge in [-0.2, -0.15) is 0 Å². The van der Waals surface area contributed by atoms with Crippen LogP contribution in [0.5, 0.6) is 0 Å². The fourth-order valence-corrected chi connectivity index (χ4v) is 3.97. The van der Waals surface area contributed by atoms with Gasteiger partial charge < -0.3 is 10.2 Å². The molecule has 2 aromatic carbocycles. The van der Waals surface area contributed by atoms with E-state index >= 15 is 0 Å². The lowest BCUT2D eigenvalue weighted by atomic mass is 10.1. The Morgan fingerprint density at radius 2 is 1.73 bits per heavy atom. The number of thioether (sulfide) groups is 1. The highest BCUT2D eigenvalue weighted by Crippen LogP contribution is 2.18. The Bertz CT molecular complexity index is 814. The van der Waals surface area contributed by atoms with E-state index in [9.17, 15) is 14.0 Å². The largest absolute Gasteiger partial charge is 0.354 e. The zero-order chi connectivity index (χ0) is 21.9. The SMILES string of the molecule is CC[C@H](C(=O)NCC(C)C)N(Cc1ccccc1)C(=O)CSCc1ccccc1F. The van der Waals surface area contributed by atoms with Gasteiger partial charge in [-0.3, -0.25) is 9.59 Å². The number of rotatable bonds is 11. The third-order valence-electron chi connectivity index (χ3n) is 4.71. The fourth-order valence-electron chi connectivity index (χ4n) is 3.07. The van der Waals surface area contributed by atoms with Crippen molar-refractivity contribution in [3.8, 4) is 0 Å². The molecule has 0 aromatic heterocycles. The minimum absolute atomic E-state index is 0.119. The first kappa shape index (κ1) is 23.9. The van der Waals surface area contributed by atoms with E-state index in [1.165, 1.54) is 17.8 Å². The summed E-state index contributed by atoms with van der Waals surface area (Å²) in [5.41, 5.74) is 1.55. The summed E-state index contributed by atoms with van der Waals surface area (Å²) in [7, 11) is 0. The van der Waals surface area contributed by atoms with Gasteiger partial charge in [0.05, 0.1) is 5.75 Å². The third-order valence-corrected chi connectivity index (χ3v) is 5.67. The molecule has 6 heteroatoms. The van der Waals surface area contributed by atoms with Gasteiger partial charge in [0.15, 0.2) is 0 Å². The van der Waals surface area contributed by atoms with Crippen molar-refractivity contribution in [2.24, 2.45) is 5.92 Å². The molecule has 4 nitrogen and oxygen atoms in total. The molecule has 0 saturated heterocycles. The van der Waals surface area contributed by atoms with Crippen LogP contribution in [0, 0.1) is 11.7 Å².